The zero-order valence-corrected chi connectivity index (χ0v) is 17.1. The van der Waals surface area contributed by atoms with E-state index in [1.165, 1.54) is 5.56 Å². The summed E-state index contributed by atoms with van der Waals surface area (Å²) in [6.45, 7) is 0. The van der Waals surface area contributed by atoms with Crippen LogP contribution in [0.1, 0.15) is 48.6 Å². The van der Waals surface area contributed by atoms with Gasteiger partial charge in [0.15, 0.2) is 11.5 Å². The van der Waals surface area contributed by atoms with Crippen molar-refractivity contribution in [3.8, 4) is 11.4 Å². The monoisotopic (exact) mass is 409 g/mol. The van der Waals surface area contributed by atoms with Crippen LogP contribution in [0.25, 0.3) is 22.6 Å². The van der Waals surface area contributed by atoms with Gasteiger partial charge in [-0.15, -0.1) is 0 Å². The third-order valence-electron chi connectivity index (χ3n) is 6.78. The minimum absolute atomic E-state index is 0.129. The molecule has 0 unspecified atom stereocenters. The van der Waals surface area contributed by atoms with Crippen LogP contribution in [0.4, 0.5) is 0 Å². The summed E-state index contributed by atoms with van der Waals surface area (Å²) in [5.41, 5.74) is 4.77. The Morgan fingerprint density at radius 1 is 0.935 bits per heavy atom. The molecule has 0 radical (unpaired) electrons. The van der Waals surface area contributed by atoms with Gasteiger partial charge in [-0.2, -0.15) is 0 Å². The van der Waals surface area contributed by atoms with Gasteiger partial charge in [-0.1, -0.05) is 54.6 Å². The highest BCUT2D eigenvalue weighted by Gasteiger charge is 2.42. The molecule has 4 aromatic rings. The number of hydrogen-bond acceptors (Lipinski definition) is 4. The summed E-state index contributed by atoms with van der Waals surface area (Å²) in [6, 6.07) is 18.3. The molecule has 1 amide bonds. The molecule has 1 spiro atoms. The molecule has 0 bridgehead atoms. The van der Waals surface area contributed by atoms with E-state index in [1.807, 2.05) is 42.6 Å². The minimum Gasteiger partial charge on any atom is -0.346 e. The largest absolute Gasteiger partial charge is 0.346 e. The number of aromatic amines is 1. The molecule has 154 valence electrons. The van der Waals surface area contributed by atoms with Crippen LogP contribution in [0.15, 0.2) is 60.8 Å². The second kappa shape index (κ2) is 7.01. The van der Waals surface area contributed by atoms with Crippen LogP contribution in [0, 0.1) is 0 Å². The summed E-state index contributed by atoms with van der Waals surface area (Å²) in [4.78, 5) is 29.8. The number of fused-ring (bicyclic) bond motifs is 3. The lowest BCUT2D eigenvalue weighted by Gasteiger charge is -2.44. The van der Waals surface area contributed by atoms with Crippen molar-refractivity contribution in [1.29, 1.82) is 0 Å². The van der Waals surface area contributed by atoms with Gasteiger partial charge in [0.1, 0.15) is 11.3 Å². The molecule has 6 heteroatoms. The Kier molecular flexibility index (Phi) is 4.13. The summed E-state index contributed by atoms with van der Waals surface area (Å²) in [7, 11) is 0. The SMILES string of the molecule is O=C1Cc2ccccc2[C@]2(CC[C@@H](c3nc4nc(-c5ccccc5)ncc4[nH]3)CC2)N1. The van der Waals surface area contributed by atoms with Crippen LogP contribution in [0.5, 0.6) is 0 Å². The van der Waals surface area contributed by atoms with Crippen molar-refractivity contribution in [3.05, 3.63) is 77.7 Å². The summed E-state index contributed by atoms with van der Waals surface area (Å²) in [5.74, 6) is 2.12. The lowest BCUT2D eigenvalue weighted by Crippen LogP contribution is -2.52. The molecule has 31 heavy (non-hydrogen) atoms. The quantitative estimate of drug-likeness (QED) is 0.519. The molecule has 1 aliphatic heterocycles. The van der Waals surface area contributed by atoms with E-state index < -0.39 is 0 Å². The van der Waals surface area contributed by atoms with Gasteiger partial charge in [-0.3, -0.25) is 4.79 Å². The number of benzene rings is 2. The fourth-order valence-electron chi connectivity index (χ4n) is 5.22. The molecule has 1 fully saturated rings. The highest BCUT2D eigenvalue weighted by atomic mass is 16.1. The van der Waals surface area contributed by atoms with Crippen molar-refractivity contribution < 1.29 is 4.79 Å². The van der Waals surface area contributed by atoms with Crippen LogP contribution in [-0.2, 0) is 16.8 Å². The van der Waals surface area contributed by atoms with E-state index in [2.05, 4.69) is 38.5 Å². The van der Waals surface area contributed by atoms with Gasteiger partial charge in [-0.25, -0.2) is 15.0 Å². The molecular weight excluding hydrogens is 386 g/mol. The average Bonchev–Trinajstić information content (AvgIpc) is 3.23. The number of aromatic nitrogens is 4. The topological polar surface area (TPSA) is 83.6 Å². The number of hydrogen-bond donors (Lipinski definition) is 2. The van der Waals surface area contributed by atoms with Crippen molar-refractivity contribution in [3.63, 3.8) is 0 Å². The Hall–Kier alpha value is -3.54. The zero-order valence-electron chi connectivity index (χ0n) is 17.1. The fraction of sp³-hybridized carbons (Fsp3) is 0.280. The van der Waals surface area contributed by atoms with E-state index in [1.54, 1.807) is 0 Å². The number of amides is 1. The summed E-state index contributed by atoms with van der Waals surface area (Å²) in [6.07, 6.45) is 6.06. The van der Waals surface area contributed by atoms with Gasteiger partial charge in [0, 0.05) is 11.5 Å². The highest BCUT2D eigenvalue weighted by molar-refractivity contribution is 5.82. The van der Waals surface area contributed by atoms with Gasteiger partial charge in [0.05, 0.1) is 18.2 Å². The van der Waals surface area contributed by atoms with Crippen LogP contribution in [-0.4, -0.2) is 25.8 Å². The Morgan fingerprint density at radius 2 is 1.71 bits per heavy atom. The predicted octanol–water partition coefficient (Wildman–Crippen LogP) is 4.25. The van der Waals surface area contributed by atoms with Gasteiger partial charge in [0.2, 0.25) is 5.91 Å². The number of carbonyl (C=O) groups is 1. The Balaban J connectivity index is 1.26. The van der Waals surface area contributed by atoms with Crippen molar-refractivity contribution in [1.82, 2.24) is 25.3 Å². The van der Waals surface area contributed by atoms with Gasteiger partial charge >= 0.3 is 0 Å². The molecule has 1 saturated carbocycles. The van der Waals surface area contributed by atoms with Crippen molar-refractivity contribution in [2.45, 2.75) is 43.6 Å². The maximum absolute atomic E-state index is 12.4. The lowest BCUT2D eigenvalue weighted by atomic mass is 9.69. The number of nitrogens with zero attached hydrogens (tertiary/aromatic N) is 3. The highest BCUT2D eigenvalue weighted by Crippen LogP contribution is 2.45. The molecule has 2 N–H and O–H groups in total. The van der Waals surface area contributed by atoms with Crippen molar-refractivity contribution >= 4 is 17.1 Å². The van der Waals surface area contributed by atoms with E-state index in [0.29, 0.717) is 23.8 Å². The van der Waals surface area contributed by atoms with E-state index in [9.17, 15) is 4.79 Å². The Labute approximate surface area is 180 Å². The zero-order chi connectivity index (χ0) is 20.8. The van der Waals surface area contributed by atoms with Crippen LogP contribution >= 0.6 is 0 Å². The molecule has 0 atom stereocenters. The molecule has 2 aromatic carbocycles. The Bertz CT molecular complexity index is 1270. The maximum Gasteiger partial charge on any atom is 0.225 e. The van der Waals surface area contributed by atoms with Crippen molar-refractivity contribution in [2.75, 3.05) is 0 Å². The van der Waals surface area contributed by atoms with E-state index >= 15 is 0 Å². The minimum atomic E-state index is -0.241. The van der Waals surface area contributed by atoms with E-state index in [-0.39, 0.29) is 11.4 Å². The molecule has 3 heterocycles. The second-order valence-electron chi connectivity index (χ2n) is 8.66. The summed E-state index contributed by atoms with van der Waals surface area (Å²) >= 11 is 0. The van der Waals surface area contributed by atoms with E-state index in [4.69, 9.17) is 4.98 Å². The molecule has 1 aliphatic carbocycles. The number of nitrogens with one attached hydrogen (secondary N) is 2. The lowest BCUT2D eigenvalue weighted by molar-refractivity contribution is -0.123. The third kappa shape index (κ3) is 3.10. The fourth-order valence-corrected chi connectivity index (χ4v) is 5.22. The predicted molar refractivity (Wildman–Crippen MR) is 118 cm³/mol. The van der Waals surface area contributed by atoms with Gasteiger partial charge in [-0.05, 0) is 36.8 Å². The molecule has 0 saturated heterocycles. The van der Waals surface area contributed by atoms with Crippen LogP contribution in [0.2, 0.25) is 0 Å². The van der Waals surface area contributed by atoms with Crippen LogP contribution in [0.3, 0.4) is 0 Å². The third-order valence-corrected chi connectivity index (χ3v) is 6.78. The van der Waals surface area contributed by atoms with Crippen molar-refractivity contribution in [2.24, 2.45) is 0 Å². The average molecular weight is 409 g/mol. The number of rotatable bonds is 2. The molecule has 6 rings (SSSR count). The van der Waals surface area contributed by atoms with E-state index in [0.717, 1.165) is 48.2 Å². The molecular formula is C25H23N5O. The second-order valence-corrected chi connectivity index (χ2v) is 8.66. The normalized spacial score (nSPS) is 23.0. The number of H-pyrrole nitrogens is 1. The maximum atomic E-state index is 12.4. The molecule has 2 aliphatic rings. The first kappa shape index (κ1) is 18.2. The van der Waals surface area contributed by atoms with Gasteiger partial charge in [0.25, 0.3) is 0 Å². The first-order valence-electron chi connectivity index (χ1n) is 10.9. The number of imidazole rings is 1. The summed E-state index contributed by atoms with van der Waals surface area (Å²) < 4.78 is 0. The smallest absolute Gasteiger partial charge is 0.225 e. The number of carbonyl (C=O) groups excluding carboxylic acids is 1. The Morgan fingerprint density at radius 3 is 2.55 bits per heavy atom. The first-order valence-corrected chi connectivity index (χ1v) is 10.9. The summed E-state index contributed by atoms with van der Waals surface area (Å²) in [5, 5.41) is 3.32. The standard InChI is InChI=1S/C25H23N5O/c31-21-14-18-8-4-5-9-19(18)25(30-21)12-10-17(11-13-25)23-27-20-15-26-22(28-24(20)29-23)16-6-2-1-3-7-16/h1-9,15,17H,10-14H2,(H,30,31)(H,26,27,28,29)/t17-,25-. The van der Waals surface area contributed by atoms with Crippen LogP contribution < -0.4 is 5.32 Å². The van der Waals surface area contributed by atoms with Gasteiger partial charge < -0.3 is 10.3 Å². The molecule has 2 aromatic heterocycles. The molecule has 6 nitrogen and oxygen atoms in total. The first-order chi connectivity index (χ1) is 15.2.